The largest absolute Gasteiger partial charge is 0.462 e. The van der Waals surface area contributed by atoms with Crippen LogP contribution in [0.15, 0.2) is 0 Å². The van der Waals surface area contributed by atoms with E-state index in [0.29, 0.717) is 19.3 Å². The Hall–Kier alpha value is -1.59. The van der Waals surface area contributed by atoms with E-state index in [9.17, 15) is 14.4 Å². The fourth-order valence-corrected chi connectivity index (χ4v) is 8.70. The fourth-order valence-electron chi connectivity index (χ4n) is 8.70. The molecule has 0 aliphatic rings. The summed E-state index contributed by atoms with van der Waals surface area (Å²) >= 11 is 0. The maximum absolute atomic E-state index is 12.8. The summed E-state index contributed by atoms with van der Waals surface area (Å²) in [5, 5.41) is 0. The molecule has 0 aromatic carbocycles. The molecule has 0 rings (SSSR count). The van der Waals surface area contributed by atoms with E-state index >= 15 is 0 Å². The first-order chi connectivity index (χ1) is 30.7. The minimum Gasteiger partial charge on any atom is -0.462 e. The van der Waals surface area contributed by atoms with Crippen LogP contribution in [0.25, 0.3) is 0 Å². The molecule has 0 fully saturated rings. The summed E-state index contributed by atoms with van der Waals surface area (Å²) in [5.74, 6) is 0.791. The number of unbranched alkanes of at least 4 members (excludes halogenated alkanes) is 36. The van der Waals surface area contributed by atoms with Gasteiger partial charge >= 0.3 is 17.9 Å². The Bertz CT molecular complexity index is 962. The van der Waals surface area contributed by atoms with E-state index in [2.05, 4.69) is 34.6 Å². The van der Waals surface area contributed by atoms with E-state index < -0.39 is 6.10 Å². The Morgan fingerprint density at radius 1 is 0.302 bits per heavy atom. The molecule has 6 heteroatoms. The topological polar surface area (TPSA) is 78.9 Å². The third-order valence-electron chi connectivity index (χ3n) is 13.0. The van der Waals surface area contributed by atoms with Gasteiger partial charge in [-0.15, -0.1) is 0 Å². The molecule has 0 saturated carbocycles. The number of hydrogen-bond acceptors (Lipinski definition) is 6. The molecular formula is C57H110O6. The highest BCUT2D eigenvalue weighted by Gasteiger charge is 2.19. The summed E-state index contributed by atoms with van der Waals surface area (Å²) in [7, 11) is 0. The fraction of sp³-hybridized carbons (Fsp3) is 0.947. The van der Waals surface area contributed by atoms with Gasteiger partial charge in [0.2, 0.25) is 0 Å². The van der Waals surface area contributed by atoms with Gasteiger partial charge in [0.15, 0.2) is 6.10 Å². The van der Waals surface area contributed by atoms with Crippen molar-refractivity contribution in [3.05, 3.63) is 0 Å². The lowest BCUT2D eigenvalue weighted by molar-refractivity contribution is -0.167. The summed E-state index contributed by atoms with van der Waals surface area (Å²) in [6, 6.07) is 0. The van der Waals surface area contributed by atoms with Crippen molar-refractivity contribution in [2.45, 2.75) is 323 Å². The molecule has 0 bridgehead atoms. The van der Waals surface area contributed by atoms with Gasteiger partial charge in [0.25, 0.3) is 0 Å². The molecular weight excluding hydrogens is 781 g/mol. The highest BCUT2D eigenvalue weighted by Crippen LogP contribution is 2.18. The second kappa shape index (κ2) is 49.8. The Morgan fingerprint density at radius 3 is 0.778 bits per heavy atom. The van der Waals surface area contributed by atoms with Gasteiger partial charge in [-0.1, -0.05) is 279 Å². The minimum atomic E-state index is -0.763. The van der Waals surface area contributed by atoms with Crippen molar-refractivity contribution in [1.29, 1.82) is 0 Å². The maximum Gasteiger partial charge on any atom is 0.306 e. The maximum atomic E-state index is 12.8. The van der Waals surface area contributed by atoms with Crippen LogP contribution in [-0.2, 0) is 28.6 Å². The van der Waals surface area contributed by atoms with Gasteiger partial charge in [-0.05, 0) is 31.1 Å². The second-order valence-corrected chi connectivity index (χ2v) is 20.5. The zero-order valence-corrected chi connectivity index (χ0v) is 43.2. The zero-order chi connectivity index (χ0) is 46.1. The molecule has 63 heavy (non-hydrogen) atoms. The summed E-state index contributed by atoms with van der Waals surface area (Å²) in [4.78, 5) is 38.1. The van der Waals surface area contributed by atoms with Crippen LogP contribution in [0, 0.1) is 11.8 Å². The van der Waals surface area contributed by atoms with E-state index in [0.717, 1.165) is 69.6 Å². The zero-order valence-electron chi connectivity index (χ0n) is 43.2. The highest BCUT2D eigenvalue weighted by molar-refractivity contribution is 5.71. The van der Waals surface area contributed by atoms with Crippen molar-refractivity contribution in [2.24, 2.45) is 11.8 Å². The van der Waals surface area contributed by atoms with Gasteiger partial charge in [-0.25, -0.2) is 0 Å². The number of rotatable bonds is 51. The molecule has 0 heterocycles. The molecule has 0 aliphatic carbocycles. The van der Waals surface area contributed by atoms with Crippen LogP contribution in [0.5, 0.6) is 0 Å². The molecule has 0 aliphatic heterocycles. The van der Waals surface area contributed by atoms with Crippen LogP contribution in [0.4, 0.5) is 0 Å². The highest BCUT2D eigenvalue weighted by atomic mass is 16.6. The average molecular weight is 892 g/mol. The van der Waals surface area contributed by atoms with Gasteiger partial charge in [0, 0.05) is 19.3 Å². The first kappa shape index (κ1) is 61.4. The van der Waals surface area contributed by atoms with Crippen molar-refractivity contribution >= 4 is 17.9 Å². The van der Waals surface area contributed by atoms with Crippen molar-refractivity contribution < 1.29 is 28.6 Å². The molecule has 0 spiro atoms. The first-order valence-electron chi connectivity index (χ1n) is 28.2. The Balaban J connectivity index is 4.26. The molecule has 0 N–H and O–H groups in total. The number of carbonyl (C=O) groups excluding carboxylic acids is 3. The second-order valence-electron chi connectivity index (χ2n) is 20.5. The lowest BCUT2D eigenvalue weighted by atomic mass is 10.0. The molecule has 1 atom stereocenters. The Labute approximate surface area is 393 Å². The van der Waals surface area contributed by atoms with Crippen molar-refractivity contribution in [1.82, 2.24) is 0 Å². The summed E-state index contributed by atoms with van der Waals surface area (Å²) in [6.07, 6.45) is 52.4. The van der Waals surface area contributed by atoms with Gasteiger partial charge in [-0.3, -0.25) is 14.4 Å². The third-order valence-corrected chi connectivity index (χ3v) is 13.0. The number of hydrogen-bond donors (Lipinski definition) is 0. The molecule has 6 nitrogen and oxygen atoms in total. The minimum absolute atomic E-state index is 0.0633. The Kier molecular flexibility index (Phi) is 48.6. The van der Waals surface area contributed by atoms with Crippen molar-refractivity contribution in [2.75, 3.05) is 13.2 Å². The predicted octanol–water partition coefficient (Wildman–Crippen LogP) is 18.5. The van der Waals surface area contributed by atoms with E-state index in [4.69, 9.17) is 14.2 Å². The van der Waals surface area contributed by atoms with E-state index in [1.165, 1.54) is 205 Å². The lowest BCUT2D eigenvalue weighted by Gasteiger charge is -2.18. The van der Waals surface area contributed by atoms with Crippen LogP contribution < -0.4 is 0 Å². The van der Waals surface area contributed by atoms with E-state index in [1.54, 1.807) is 0 Å². The average Bonchev–Trinajstić information content (AvgIpc) is 3.25. The van der Waals surface area contributed by atoms with Gasteiger partial charge in [0.05, 0.1) is 0 Å². The normalized spacial score (nSPS) is 12.0. The smallest absolute Gasteiger partial charge is 0.306 e. The van der Waals surface area contributed by atoms with E-state index in [1.807, 2.05) is 0 Å². The van der Waals surface area contributed by atoms with Crippen LogP contribution in [0.1, 0.15) is 317 Å². The summed E-state index contributed by atoms with van der Waals surface area (Å²) in [5.41, 5.74) is 0. The molecule has 374 valence electrons. The van der Waals surface area contributed by atoms with Crippen LogP contribution >= 0.6 is 0 Å². The third kappa shape index (κ3) is 51.3. The lowest BCUT2D eigenvalue weighted by Crippen LogP contribution is -2.30. The first-order valence-corrected chi connectivity index (χ1v) is 28.2. The summed E-state index contributed by atoms with van der Waals surface area (Å²) in [6.45, 7) is 11.4. The number of carbonyl (C=O) groups is 3. The quantitative estimate of drug-likeness (QED) is 0.0344. The number of esters is 3. The molecule has 0 aromatic heterocycles. The predicted molar refractivity (Wildman–Crippen MR) is 270 cm³/mol. The molecule has 0 unspecified atom stereocenters. The monoisotopic (exact) mass is 891 g/mol. The van der Waals surface area contributed by atoms with Gasteiger partial charge < -0.3 is 14.2 Å². The summed E-state index contributed by atoms with van der Waals surface area (Å²) < 4.78 is 16.9. The molecule has 0 amide bonds. The molecule has 0 saturated heterocycles. The van der Waals surface area contributed by atoms with Crippen LogP contribution in [0.3, 0.4) is 0 Å². The van der Waals surface area contributed by atoms with Crippen molar-refractivity contribution in [3.63, 3.8) is 0 Å². The van der Waals surface area contributed by atoms with Crippen LogP contribution in [-0.4, -0.2) is 37.2 Å². The molecule has 0 aromatic rings. The van der Waals surface area contributed by atoms with Crippen molar-refractivity contribution in [3.8, 4) is 0 Å². The van der Waals surface area contributed by atoms with E-state index in [-0.39, 0.29) is 31.1 Å². The number of ether oxygens (including phenoxy) is 3. The van der Waals surface area contributed by atoms with Gasteiger partial charge in [0.1, 0.15) is 13.2 Å². The standard InChI is InChI=1S/C57H110O6/c1-6-7-8-9-10-11-12-13-14-15-16-17-18-19-20-27-32-37-42-47-55(58)61-50-54(63-57(60)49-44-39-34-29-24-22-26-31-36-41-46-53(4)5)51-62-56(59)48-43-38-33-28-23-21-25-30-35-40-45-52(2)3/h52-54H,6-51H2,1-5H3/t54-/m0/s1. The molecule has 0 radical (unpaired) electrons. The van der Waals surface area contributed by atoms with Crippen LogP contribution in [0.2, 0.25) is 0 Å². The Morgan fingerprint density at radius 2 is 0.524 bits per heavy atom. The van der Waals surface area contributed by atoms with Gasteiger partial charge in [-0.2, -0.15) is 0 Å². The SMILES string of the molecule is CCCCCCCCCCCCCCCCCCCCCC(=O)OC[C@@H](COC(=O)CCCCCCCCCCCCC(C)C)OC(=O)CCCCCCCCCCCCC(C)C.